The van der Waals surface area contributed by atoms with Crippen LogP contribution in [-0.2, 0) is 11.0 Å². The third-order valence-electron chi connectivity index (χ3n) is 2.98. The second-order valence-corrected chi connectivity index (χ2v) is 4.44. The molecule has 2 N–H and O–H groups in total. The molecule has 0 radical (unpaired) electrons. The van der Waals surface area contributed by atoms with E-state index in [0.717, 1.165) is 4.68 Å². The number of anilines is 1. The molecule has 0 aliphatic carbocycles. The van der Waals surface area contributed by atoms with Crippen molar-refractivity contribution in [2.75, 3.05) is 5.32 Å². The van der Waals surface area contributed by atoms with Crippen molar-refractivity contribution in [1.29, 1.82) is 0 Å². The largest absolute Gasteiger partial charge is 0.477 e. The van der Waals surface area contributed by atoms with E-state index in [1.54, 1.807) is 12.1 Å². The molecule has 0 spiro atoms. The maximum atomic E-state index is 12.7. The average Bonchev–Trinajstić information content (AvgIpc) is 2.91. The molecule has 114 valence electrons. The quantitative estimate of drug-likeness (QED) is 0.876. The molecule has 0 bridgehead atoms. The monoisotopic (exact) mass is 311 g/mol. The first-order chi connectivity index (χ1) is 10.4. The van der Waals surface area contributed by atoms with Crippen LogP contribution in [0.4, 0.5) is 19.1 Å². The number of hydrogen-bond acceptors (Lipinski definition) is 5. The van der Waals surface area contributed by atoms with Gasteiger partial charge in [-0.05, 0) is 17.7 Å². The molecule has 1 atom stereocenters. The smallest absolute Gasteiger partial charge is 0.453 e. The van der Waals surface area contributed by atoms with Crippen molar-refractivity contribution in [3.8, 4) is 0 Å². The highest BCUT2D eigenvalue weighted by atomic mass is 19.4. The van der Waals surface area contributed by atoms with Crippen molar-refractivity contribution >= 4 is 11.9 Å². The summed E-state index contributed by atoms with van der Waals surface area (Å²) in [7, 11) is 0. The molecule has 0 saturated carbocycles. The number of aliphatic carboxylic acids is 1. The summed E-state index contributed by atoms with van der Waals surface area (Å²) in [6, 6.07) is 2.35. The van der Waals surface area contributed by atoms with Crippen molar-refractivity contribution in [2.24, 2.45) is 0 Å². The number of fused-ring (bicyclic) bond motifs is 1. The zero-order chi connectivity index (χ0) is 15.9. The van der Waals surface area contributed by atoms with Crippen molar-refractivity contribution in [2.45, 2.75) is 12.2 Å². The number of allylic oxidation sites excluding steroid dienone is 1. The summed E-state index contributed by atoms with van der Waals surface area (Å²) in [5.74, 6) is -2.94. The predicted molar refractivity (Wildman–Crippen MR) is 66.7 cm³/mol. The number of rotatable bonds is 2. The first kappa shape index (κ1) is 14.0. The maximum Gasteiger partial charge on any atom is 0.453 e. The van der Waals surface area contributed by atoms with Gasteiger partial charge in [-0.2, -0.15) is 18.2 Å². The Labute approximate surface area is 121 Å². The number of nitrogens with one attached hydrogen (secondary N) is 1. The van der Waals surface area contributed by atoms with Gasteiger partial charge in [0.05, 0.1) is 0 Å². The molecule has 0 unspecified atom stereocenters. The number of nitrogens with zero attached hydrogens (tertiary/aromatic N) is 4. The topological polar surface area (TPSA) is 92.9 Å². The van der Waals surface area contributed by atoms with Gasteiger partial charge in [0.1, 0.15) is 11.7 Å². The van der Waals surface area contributed by atoms with Crippen LogP contribution in [0.5, 0.6) is 0 Å². The highest BCUT2D eigenvalue weighted by Gasteiger charge is 2.39. The Morgan fingerprint density at radius 3 is 2.77 bits per heavy atom. The molecule has 0 fully saturated rings. The van der Waals surface area contributed by atoms with Gasteiger partial charge in [0.25, 0.3) is 5.82 Å². The van der Waals surface area contributed by atoms with E-state index in [0.29, 0.717) is 5.56 Å². The maximum absolute atomic E-state index is 12.7. The van der Waals surface area contributed by atoms with E-state index in [4.69, 9.17) is 5.11 Å². The van der Waals surface area contributed by atoms with Crippen LogP contribution in [0.25, 0.3) is 0 Å². The van der Waals surface area contributed by atoms with Crippen LogP contribution >= 0.6 is 0 Å². The van der Waals surface area contributed by atoms with E-state index in [1.165, 1.54) is 18.5 Å². The van der Waals surface area contributed by atoms with Gasteiger partial charge >= 0.3 is 12.1 Å². The number of carboxylic acid groups (broad SMARTS) is 1. The van der Waals surface area contributed by atoms with Gasteiger partial charge < -0.3 is 10.4 Å². The summed E-state index contributed by atoms with van der Waals surface area (Å²) < 4.78 is 39.2. The van der Waals surface area contributed by atoms with Crippen LogP contribution < -0.4 is 5.32 Å². The number of carbonyl (C=O) groups is 1. The molecule has 22 heavy (non-hydrogen) atoms. The summed E-state index contributed by atoms with van der Waals surface area (Å²) >= 11 is 0. The zero-order valence-electron chi connectivity index (χ0n) is 10.7. The molecule has 3 heterocycles. The molecule has 0 aromatic carbocycles. The van der Waals surface area contributed by atoms with E-state index < -0.39 is 24.0 Å². The Morgan fingerprint density at radius 1 is 1.41 bits per heavy atom. The first-order valence-corrected chi connectivity index (χ1v) is 6.02. The fraction of sp³-hybridized carbons (Fsp3) is 0.167. The minimum atomic E-state index is -4.73. The Bertz CT molecular complexity index is 754. The number of hydrogen-bond donors (Lipinski definition) is 2. The van der Waals surface area contributed by atoms with Crippen LogP contribution in [0.2, 0.25) is 0 Å². The summed E-state index contributed by atoms with van der Waals surface area (Å²) in [4.78, 5) is 18.3. The number of pyridine rings is 1. The lowest BCUT2D eigenvalue weighted by atomic mass is 10.1. The zero-order valence-corrected chi connectivity index (χ0v) is 10.7. The average molecular weight is 311 g/mol. The molecule has 2 aromatic rings. The molecule has 7 nitrogen and oxygen atoms in total. The highest BCUT2D eigenvalue weighted by molar-refractivity contribution is 5.90. The van der Waals surface area contributed by atoms with Gasteiger partial charge in [-0.15, -0.1) is 5.10 Å². The SMILES string of the molecule is O=C(O)C1=C[C@@H](c2cccnc2)n2nc(C(F)(F)F)nc2N1. The second kappa shape index (κ2) is 4.83. The lowest BCUT2D eigenvalue weighted by molar-refractivity contribution is -0.145. The Hall–Kier alpha value is -2.91. The van der Waals surface area contributed by atoms with Crippen LogP contribution in [0.3, 0.4) is 0 Å². The fourth-order valence-electron chi connectivity index (χ4n) is 2.03. The predicted octanol–water partition coefficient (Wildman–Crippen LogP) is 1.68. The minimum absolute atomic E-state index is 0.275. The molecule has 3 rings (SSSR count). The highest BCUT2D eigenvalue weighted by Crippen LogP contribution is 2.33. The number of aromatic nitrogens is 4. The summed E-state index contributed by atoms with van der Waals surface area (Å²) in [5, 5.41) is 14.8. The molecule has 2 aromatic heterocycles. The van der Waals surface area contributed by atoms with Crippen LogP contribution in [-0.4, -0.2) is 30.8 Å². The van der Waals surface area contributed by atoms with Crippen LogP contribution in [0, 0.1) is 0 Å². The van der Waals surface area contributed by atoms with E-state index >= 15 is 0 Å². The number of halogens is 3. The summed E-state index contributed by atoms with van der Waals surface area (Å²) in [6.07, 6.45) is -0.559. The Balaban J connectivity index is 2.13. The van der Waals surface area contributed by atoms with Gasteiger partial charge in [0, 0.05) is 12.4 Å². The standard InChI is InChI=1S/C12H8F3N5O2/c13-12(14,15)10-18-11-17-7(9(21)22)4-8(20(11)19-10)6-2-1-3-16-5-6/h1-5,8H,(H,21,22)(H,17,18,19)/t8-/m0/s1. The van der Waals surface area contributed by atoms with Gasteiger partial charge in [-0.1, -0.05) is 6.07 Å². The van der Waals surface area contributed by atoms with Crippen molar-refractivity contribution in [1.82, 2.24) is 19.7 Å². The molecule has 0 saturated heterocycles. The lowest BCUT2D eigenvalue weighted by Gasteiger charge is -2.21. The van der Waals surface area contributed by atoms with Crippen molar-refractivity contribution in [3.63, 3.8) is 0 Å². The molecule has 1 aliphatic rings. The summed E-state index contributed by atoms with van der Waals surface area (Å²) in [6.45, 7) is 0. The van der Waals surface area contributed by atoms with Crippen LogP contribution in [0.15, 0.2) is 36.3 Å². The van der Waals surface area contributed by atoms with Crippen LogP contribution in [0.1, 0.15) is 17.4 Å². The van der Waals surface area contributed by atoms with E-state index in [1.807, 2.05) is 0 Å². The number of alkyl halides is 3. The third-order valence-corrected chi connectivity index (χ3v) is 2.98. The van der Waals surface area contributed by atoms with E-state index in [9.17, 15) is 18.0 Å². The normalized spacial score (nSPS) is 17.4. The van der Waals surface area contributed by atoms with Gasteiger partial charge in [-0.25, -0.2) is 9.48 Å². The van der Waals surface area contributed by atoms with Crippen molar-refractivity contribution < 1.29 is 23.1 Å². The van der Waals surface area contributed by atoms with Gasteiger partial charge in [0.2, 0.25) is 5.95 Å². The van der Waals surface area contributed by atoms with Gasteiger partial charge in [0.15, 0.2) is 0 Å². The Kier molecular flexibility index (Phi) is 3.08. The fourth-order valence-corrected chi connectivity index (χ4v) is 2.03. The summed E-state index contributed by atoms with van der Waals surface area (Å²) in [5.41, 5.74) is 0.213. The molecule has 1 aliphatic heterocycles. The van der Waals surface area contributed by atoms with Gasteiger partial charge in [-0.3, -0.25) is 4.98 Å². The van der Waals surface area contributed by atoms with E-state index in [2.05, 4.69) is 20.4 Å². The minimum Gasteiger partial charge on any atom is -0.477 e. The molecule has 10 heteroatoms. The molecular weight excluding hydrogens is 303 g/mol. The first-order valence-electron chi connectivity index (χ1n) is 6.02. The second-order valence-electron chi connectivity index (χ2n) is 4.44. The van der Waals surface area contributed by atoms with E-state index in [-0.39, 0.29) is 11.6 Å². The molecular formula is C12H8F3N5O2. The molecule has 0 amide bonds. The Morgan fingerprint density at radius 2 is 2.18 bits per heavy atom. The lowest BCUT2D eigenvalue weighted by Crippen LogP contribution is -2.24. The third kappa shape index (κ3) is 2.38. The van der Waals surface area contributed by atoms with Crippen molar-refractivity contribution in [3.05, 3.63) is 47.7 Å². The number of carboxylic acids is 1.